The van der Waals surface area contributed by atoms with E-state index in [0.29, 0.717) is 0 Å². The average Bonchev–Trinajstić information content (AvgIpc) is 2.95. The van der Waals surface area contributed by atoms with Crippen molar-refractivity contribution < 1.29 is 7.48 Å². The predicted molar refractivity (Wildman–Crippen MR) is 187 cm³/mol. The molecule has 0 heterocycles. The van der Waals surface area contributed by atoms with Gasteiger partial charge in [-0.05, 0) is 0 Å². The van der Waals surface area contributed by atoms with Crippen molar-refractivity contribution in [3.05, 3.63) is 0 Å². The molecule has 0 fully saturated rings. The number of rotatable bonds is 34. The topological polar surface area (TPSA) is 26.3 Å². The van der Waals surface area contributed by atoms with Crippen LogP contribution in [-0.2, 0) is 7.48 Å². The van der Waals surface area contributed by atoms with Gasteiger partial charge in [-0.1, -0.05) is 0 Å². The molecular weight excluding hydrogens is 696 g/mol. The number of carbonyl (C=O) groups excluding carboxylic acids is 1. The predicted octanol–water partition coefficient (Wildman–Crippen LogP) is 14.3. The summed E-state index contributed by atoms with van der Waals surface area (Å²) in [5.41, 5.74) is 0. The quantitative estimate of drug-likeness (QED) is 0.0481. The summed E-state index contributed by atoms with van der Waals surface area (Å²) in [4.78, 5) is 12.3. The standard InChI is InChI=1S/3C12H25.C2H4O2.Pb/c3*1-3-5-7-9-11-12-10-8-6-4-2;1-2(3)4;/h3*1,3-12H2,2H3;1H3,(H,3,4);/q;;;;+1/p-1. The van der Waals surface area contributed by atoms with Crippen LogP contribution in [0.4, 0.5) is 0 Å². The van der Waals surface area contributed by atoms with Crippen molar-refractivity contribution in [1.29, 1.82) is 0 Å². The number of unbranched alkanes of at least 4 members (excludes halogenated alkanes) is 27. The third-order valence-corrected chi connectivity index (χ3v) is 26.9. The van der Waals surface area contributed by atoms with Gasteiger partial charge in [-0.3, -0.25) is 0 Å². The van der Waals surface area contributed by atoms with Crippen molar-refractivity contribution in [1.82, 2.24) is 0 Å². The molecule has 0 radical (unpaired) electrons. The van der Waals surface area contributed by atoms with E-state index in [1.54, 1.807) is 6.92 Å². The van der Waals surface area contributed by atoms with Crippen LogP contribution >= 0.6 is 0 Å². The minimum absolute atomic E-state index is 0.0397. The second-order valence-electron chi connectivity index (χ2n) is 13.6. The Morgan fingerprint density at radius 1 is 0.366 bits per heavy atom. The summed E-state index contributed by atoms with van der Waals surface area (Å²) in [6.45, 7) is 8.60. The van der Waals surface area contributed by atoms with Gasteiger partial charge in [0.2, 0.25) is 0 Å². The zero-order valence-corrected chi connectivity index (χ0v) is 33.0. The fraction of sp³-hybridized carbons (Fsp3) is 0.974. The van der Waals surface area contributed by atoms with Crippen LogP contribution in [-0.4, -0.2) is 27.6 Å². The third-order valence-electron chi connectivity index (χ3n) is 9.32. The van der Waals surface area contributed by atoms with Crippen LogP contribution in [0.2, 0.25) is 11.9 Å². The molecule has 0 amide bonds. The van der Waals surface area contributed by atoms with E-state index in [1.807, 2.05) is 0 Å². The zero-order chi connectivity index (χ0) is 30.1. The van der Waals surface area contributed by atoms with Gasteiger partial charge >= 0.3 is 267 Å². The van der Waals surface area contributed by atoms with Gasteiger partial charge in [0.15, 0.2) is 0 Å². The van der Waals surface area contributed by atoms with Crippen LogP contribution in [0.25, 0.3) is 0 Å². The second kappa shape index (κ2) is 33.3. The van der Waals surface area contributed by atoms with E-state index in [9.17, 15) is 4.79 Å². The molecule has 0 atom stereocenters. The first-order valence-electron chi connectivity index (χ1n) is 19.3. The van der Waals surface area contributed by atoms with Crippen molar-refractivity contribution >= 4 is 27.6 Å². The van der Waals surface area contributed by atoms with Crippen LogP contribution in [0.5, 0.6) is 0 Å². The maximum absolute atomic E-state index is 12.3. The molecule has 0 rings (SSSR count). The third kappa shape index (κ3) is 30.2. The van der Waals surface area contributed by atoms with Gasteiger partial charge in [-0.2, -0.15) is 0 Å². The molecule has 41 heavy (non-hydrogen) atoms. The molecule has 0 aromatic rings. The van der Waals surface area contributed by atoms with Crippen molar-refractivity contribution in [3.63, 3.8) is 0 Å². The molecule has 0 saturated carbocycles. The molecule has 0 aromatic carbocycles. The molecule has 2 nitrogen and oxygen atoms in total. The van der Waals surface area contributed by atoms with Crippen LogP contribution in [0, 0.1) is 0 Å². The molecule has 0 aliphatic rings. The first-order chi connectivity index (χ1) is 20.1. The molecule has 0 bridgehead atoms. The molecule has 0 saturated heterocycles. The number of hydrogen-bond acceptors (Lipinski definition) is 2. The normalized spacial score (nSPS) is 11.8. The van der Waals surface area contributed by atoms with Crippen molar-refractivity contribution in [2.45, 2.75) is 232 Å². The summed E-state index contributed by atoms with van der Waals surface area (Å²) in [5.74, 6) is 0.0397. The van der Waals surface area contributed by atoms with Crippen LogP contribution in [0.15, 0.2) is 0 Å². The molecule has 246 valence electrons. The van der Waals surface area contributed by atoms with E-state index >= 15 is 0 Å². The van der Waals surface area contributed by atoms with E-state index in [-0.39, 0.29) is 5.97 Å². The molecule has 0 aromatic heterocycles. The van der Waals surface area contributed by atoms with E-state index in [0.717, 1.165) is 0 Å². The Hall–Kier alpha value is 0.392. The van der Waals surface area contributed by atoms with E-state index in [2.05, 4.69) is 20.8 Å². The van der Waals surface area contributed by atoms with Gasteiger partial charge < -0.3 is 0 Å². The van der Waals surface area contributed by atoms with E-state index in [4.69, 9.17) is 2.69 Å². The first-order valence-corrected chi connectivity index (χ1v) is 29.1. The Kier molecular flexibility index (Phi) is 33.6. The van der Waals surface area contributed by atoms with Crippen molar-refractivity contribution in [2.75, 3.05) is 0 Å². The Bertz CT molecular complexity index is 461. The summed E-state index contributed by atoms with van der Waals surface area (Å²) in [6, 6.07) is 0. The molecular formula is C38H78O2Pb. The monoisotopic (exact) mass is 775 g/mol. The van der Waals surface area contributed by atoms with Crippen molar-refractivity contribution in [2.24, 2.45) is 0 Å². The first kappa shape index (κ1) is 41.4. The molecule has 0 spiro atoms. The Labute approximate surface area is 266 Å². The summed E-state index contributed by atoms with van der Waals surface area (Å²) >= 11 is -3.05. The molecule has 0 unspecified atom stereocenters. The Morgan fingerprint density at radius 2 is 0.561 bits per heavy atom. The Balaban J connectivity index is 4.51. The number of carbonyl (C=O) groups is 1. The fourth-order valence-corrected chi connectivity index (χ4v) is 23.5. The summed E-state index contributed by atoms with van der Waals surface area (Å²) in [7, 11) is 0. The second-order valence-corrected chi connectivity index (χ2v) is 29.4. The summed E-state index contributed by atoms with van der Waals surface area (Å²) in [5, 5.41) is 0. The zero-order valence-electron chi connectivity index (χ0n) is 29.2. The van der Waals surface area contributed by atoms with Crippen molar-refractivity contribution in [3.8, 4) is 0 Å². The van der Waals surface area contributed by atoms with Gasteiger partial charge in [0.05, 0.1) is 0 Å². The van der Waals surface area contributed by atoms with Gasteiger partial charge in [-0.15, -0.1) is 0 Å². The van der Waals surface area contributed by atoms with E-state index in [1.165, 1.54) is 205 Å². The van der Waals surface area contributed by atoms with E-state index < -0.39 is 21.6 Å². The van der Waals surface area contributed by atoms with Gasteiger partial charge in [0.25, 0.3) is 0 Å². The molecule has 0 aliphatic heterocycles. The maximum atomic E-state index is 12.3. The fourth-order valence-electron chi connectivity index (χ4n) is 6.64. The Morgan fingerprint density at radius 3 is 0.756 bits per heavy atom. The van der Waals surface area contributed by atoms with Crippen LogP contribution in [0.1, 0.15) is 220 Å². The summed E-state index contributed by atoms with van der Waals surface area (Å²) in [6.07, 6.45) is 41.7. The van der Waals surface area contributed by atoms with Gasteiger partial charge in [-0.25, -0.2) is 0 Å². The average molecular weight is 774 g/mol. The SMILES string of the molecule is CCCCCCCCCCC[CH2][Pb]([CH2]CCCCCCCCCCC)([CH2]CCCCCCCCCCC)[O]C(C)=O. The number of hydrogen-bond donors (Lipinski definition) is 0. The summed E-state index contributed by atoms with van der Waals surface area (Å²) < 4.78 is 10.4. The van der Waals surface area contributed by atoms with Crippen LogP contribution < -0.4 is 0 Å². The molecule has 3 heteroatoms. The van der Waals surface area contributed by atoms with Gasteiger partial charge in [0.1, 0.15) is 0 Å². The van der Waals surface area contributed by atoms with Crippen LogP contribution in [0.3, 0.4) is 0 Å². The molecule has 0 aliphatic carbocycles. The van der Waals surface area contributed by atoms with Gasteiger partial charge in [0, 0.05) is 0 Å². The minimum atomic E-state index is -3.05. The molecule has 0 N–H and O–H groups in total.